The van der Waals surface area contributed by atoms with E-state index in [0.717, 1.165) is 12.6 Å². The minimum absolute atomic E-state index is 0.326. The molecule has 4 unspecified atom stereocenters. The lowest BCUT2D eigenvalue weighted by atomic mass is 9.84. The molecule has 2 aliphatic rings. The van der Waals surface area contributed by atoms with Gasteiger partial charge in [-0.15, -0.1) is 0 Å². The fourth-order valence-corrected chi connectivity index (χ4v) is 3.61. The van der Waals surface area contributed by atoms with Gasteiger partial charge in [-0.3, -0.25) is 4.90 Å². The molecule has 3 heteroatoms. The average Bonchev–Trinajstić information content (AvgIpc) is 2.41. The van der Waals surface area contributed by atoms with Crippen molar-refractivity contribution in [3.8, 4) is 0 Å². The van der Waals surface area contributed by atoms with Crippen LogP contribution in [0.5, 0.6) is 0 Å². The van der Waals surface area contributed by atoms with Crippen LogP contribution in [0.3, 0.4) is 0 Å². The van der Waals surface area contributed by atoms with Gasteiger partial charge in [-0.2, -0.15) is 0 Å². The third-order valence-corrected chi connectivity index (χ3v) is 5.13. The highest BCUT2D eigenvalue weighted by Gasteiger charge is 2.40. The van der Waals surface area contributed by atoms with Gasteiger partial charge < -0.3 is 10.1 Å². The molecule has 1 saturated carbocycles. The molecule has 4 atom stereocenters. The van der Waals surface area contributed by atoms with Crippen LogP contribution in [0.4, 0.5) is 0 Å². The second kappa shape index (κ2) is 5.89. The Hall–Kier alpha value is -0.120. The van der Waals surface area contributed by atoms with E-state index in [1.54, 1.807) is 0 Å². The van der Waals surface area contributed by atoms with Gasteiger partial charge in [-0.1, -0.05) is 6.92 Å². The Kier molecular flexibility index (Phi) is 4.68. The van der Waals surface area contributed by atoms with E-state index in [4.69, 9.17) is 4.74 Å². The molecule has 0 aromatic rings. The van der Waals surface area contributed by atoms with Crippen LogP contribution in [0.15, 0.2) is 0 Å². The molecule has 1 saturated heterocycles. The maximum absolute atomic E-state index is 5.60. The van der Waals surface area contributed by atoms with E-state index in [0.29, 0.717) is 17.7 Å². The summed E-state index contributed by atoms with van der Waals surface area (Å²) in [6, 6.07) is 1.34. The van der Waals surface area contributed by atoms with Gasteiger partial charge in [0, 0.05) is 37.8 Å². The normalized spacial score (nSPS) is 43.0. The fraction of sp³-hybridized carbons (Fsp3) is 1.00. The first kappa shape index (κ1) is 14.3. The van der Waals surface area contributed by atoms with E-state index in [2.05, 4.69) is 31.0 Å². The molecule has 0 amide bonds. The average molecular weight is 254 g/mol. The predicted octanol–water partition coefficient (Wildman–Crippen LogP) is 2.41. The largest absolute Gasteiger partial charge is 0.381 e. The van der Waals surface area contributed by atoms with E-state index in [1.807, 2.05) is 7.11 Å². The Balaban J connectivity index is 2.07. The standard InChI is InChI=1S/C15H30N2O/c1-5-15(3)11-16-12(2)10-17(15)13-7-6-8-14(9-13)18-4/h12-14,16H,5-11H2,1-4H3. The number of rotatable bonds is 3. The lowest BCUT2D eigenvalue weighted by molar-refractivity contribution is -0.0338. The summed E-state index contributed by atoms with van der Waals surface area (Å²) >= 11 is 0. The second-order valence-corrected chi connectivity index (χ2v) is 6.46. The van der Waals surface area contributed by atoms with Crippen molar-refractivity contribution in [2.45, 2.75) is 76.6 Å². The van der Waals surface area contributed by atoms with Crippen molar-refractivity contribution in [3.63, 3.8) is 0 Å². The van der Waals surface area contributed by atoms with E-state index < -0.39 is 0 Å². The van der Waals surface area contributed by atoms with E-state index in [1.165, 1.54) is 38.6 Å². The minimum atomic E-state index is 0.326. The van der Waals surface area contributed by atoms with Gasteiger partial charge >= 0.3 is 0 Å². The summed E-state index contributed by atoms with van der Waals surface area (Å²) in [6.07, 6.45) is 6.84. The molecule has 0 radical (unpaired) electrons. The van der Waals surface area contributed by atoms with E-state index in [-0.39, 0.29) is 0 Å². The maximum atomic E-state index is 5.60. The summed E-state index contributed by atoms with van der Waals surface area (Å²) in [5.74, 6) is 0. The Morgan fingerprint density at radius 3 is 2.83 bits per heavy atom. The summed E-state index contributed by atoms with van der Waals surface area (Å²) in [5.41, 5.74) is 0.326. The fourth-order valence-electron chi connectivity index (χ4n) is 3.61. The van der Waals surface area contributed by atoms with Gasteiger partial charge in [0.2, 0.25) is 0 Å². The molecule has 2 fully saturated rings. The molecular formula is C15H30N2O. The van der Waals surface area contributed by atoms with E-state index in [9.17, 15) is 0 Å². The van der Waals surface area contributed by atoms with Crippen LogP contribution in [-0.4, -0.2) is 48.8 Å². The van der Waals surface area contributed by atoms with Crippen molar-refractivity contribution in [1.29, 1.82) is 0 Å². The maximum Gasteiger partial charge on any atom is 0.0586 e. The van der Waals surface area contributed by atoms with Crippen LogP contribution in [0, 0.1) is 0 Å². The summed E-state index contributed by atoms with van der Waals surface area (Å²) in [7, 11) is 1.87. The van der Waals surface area contributed by atoms with Crippen LogP contribution in [0.2, 0.25) is 0 Å². The van der Waals surface area contributed by atoms with Crippen molar-refractivity contribution in [2.24, 2.45) is 0 Å². The minimum Gasteiger partial charge on any atom is -0.381 e. The van der Waals surface area contributed by atoms with Crippen LogP contribution in [0.25, 0.3) is 0 Å². The number of piperazine rings is 1. The number of hydrogen-bond donors (Lipinski definition) is 1. The zero-order valence-electron chi connectivity index (χ0n) is 12.5. The molecule has 0 bridgehead atoms. The first-order valence-electron chi connectivity index (χ1n) is 7.62. The molecule has 0 aromatic heterocycles. The monoisotopic (exact) mass is 254 g/mol. The third kappa shape index (κ3) is 2.89. The molecule has 1 N–H and O–H groups in total. The first-order valence-corrected chi connectivity index (χ1v) is 7.62. The Labute approximate surface area is 112 Å². The molecular weight excluding hydrogens is 224 g/mol. The van der Waals surface area contributed by atoms with Crippen molar-refractivity contribution < 1.29 is 4.74 Å². The lowest BCUT2D eigenvalue weighted by Gasteiger charge is -2.52. The molecule has 0 spiro atoms. The number of nitrogens with one attached hydrogen (secondary N) is 1. The molecule has 0 aromatic carbocycles. The van der Waals surface area contributed by atoms with Crippen LogP contribution in [0.1, 0.15) is 52.9 Å². The summed E-state index contributed by atoms with van der Waals surface area (Å²) in [5, 5.41) is 3.64. The Morgan fingerprint density at radius 2 is 2.17 bits per heavy atom. The molecule has 1 aliphatic carbocycles. The molecule has 1 aliphatic heterocycles. The highest BCUT2D eigenvalue weighted by atomic mass is 16.5. The van der Waals surface area contributed by atoms with Crippen LogP contribution < -0.4 is 5.32 Å². The summed E-state index contributed by atoms with van der Waals surface area (Å²) in [4.78, 5) is 2.78. The topological polar surface area (TPSA) is 24.5 Å². The number of nitrogens with zero attached hydrogens (tertiary/aromatic N) is 1. The van der Waals surface area contributed by atoms with Crippen molar-refractivity contribution >= 4 is 0 Å². The zero-order valence-corrected chi connectivity index (χ0v) is 12.5. The number of ether oxygens (including phenoxy) is 1. The molecule has 2 rings (SSSR count). The summed E-state index contributed by atoms with van der Waals surface area (Å²) < 4.78 is 5.60. The highest BCUT2D eigenvalue weighted by molar-refractivity contribution is 4.98. The number of methoxy groups -OCH3 is 1. The van der Waals surface area contributed by atoms with Gasteiger partial charge in [0.15, 0.2) is 0 Å². The molecule has 1 heterocycles. The quantitative estimate of drug-likeness (QED) is 0.837. The van der Waals surface area contributed by atoms with Crippen LogP contribution in [-0.2, 0) is 4.74 Å². The van der Waals surface area contributed by atoms with Gasteiger partial charge in [-0.25, -0.2) is 0 Å². The van der Waals surface area contributed by atoms with Gasteiger partial charge in [0.25, 0.3) is 0 Å². The Bertz CT molecular complexity index is 271. The molecule has 18 heavy (non-hydrogen) atoms. The van der Waals surface area contributed by atoms with Gasteiger partial charge in [-0.05, 0) is 46.0 Å². The lowest BCUT2D eigenvalue weighted by Crippen LogP contribution is -2.65. The predicted molar refractivity (Wildman–Crippen MR) is 75.9 cm³/mol. The van der Waals surface area contributed by atoms with Gasteiger partial charge in [0.1, 0.15) is 0 Å². The molecule has 106 valence electrons. The Morgan fingerprint density at radius 1 is 1.39 bits per heavy atom. The van der Waals surface area contributed by atoms with Crippen LogP contribution >= 0.6 is 0 Å². The number of hydrogen-bond acceptors (Lipinski definition) is 3. The van der Waals surface area contributed by atoms with Crippen molar-refractivity contribution in [2.75, 3.05) is 20.2 Å². The first-order chi connectivity index (χ1) is 8.59. The van der Waals surface area contributed by atoms with Crippen molar-refractivity contribution in [3.05, 3.63) is 0 Å². The smallest absolute Gasteiger partial charge is 0.0586 e. The SMILES string of the molecule is CCC1(C)CNC(C)CN1C1CCCC(OC)C1. The zero-order chi connectivity index (χ0) is 13.2. The second-order valence-electron chi connectivity index (χ2n) is 6.46. The summed E-state index contributed by atoms with van der Waals surface area (Å²) in [6.45, 7) is 9.35. The van der Waals surface area contributed by atoms with E-state index >= 15 is 0 Å². The highest BCUT2D eigenvalue weighted by Crippen LogP contribution is 2.32. The third-order valence-electron chi connectivity index (χ3n) is 5.13. The van der Waals surface area contributed by atoms with Crippen molar-refractivity contribution in [1.82, 2.24) is 10.2 Å². The molecule has 3 nitrogen and oxygen atoms in total. The van der Waals surface area contributed by atoms with Gasteiger partial charge in [0.05, 0.1) is 6.10 Å².